The Morgan fingerprint density at radius 1 is 1.03 bits per heavy atom. The Balaban J connectivity index is 1.35. The van der Waals surface area contributed by atoms with Crippen LogP contribution >= 0.6 is 11.8 Å². The van der Waals surface area contributed by atoms with Crippen LogP contribution in [0.15, 0.2) is 67.3 Å². The molecular formula is C24H26N4O2S. The predicted molar refractivity (Wildman–Crippen MR) is 125 cm³/mol. The minimum absolute atomic E-state index is 0.554. The highest BCUT2D eigenvalue weighted by Crippen LogP contribution is 2.31. The van der Waals surface area contributed by atoms with Crippen LogP contribution in [0.25, 0.3) is 0 Å². The van der Waals surface area contributed by atoms with E-state index >= 15 is 0 Å². The zero-order chi connectivity index (χ0) is 21.5. The number of amides is 2. The molecule has 0 saturated heterocycles. The average Bonchev–Trinajstić information content (AvgIpc) is 3.48. The maximum atomic E-state index is 12.5. The molecule has 3 aromatic rings. The lowest BCUT2D eigenvalue weighted by atomic mass is 10.1. The van der Waals surface area contributed by atoms with Gasteiger partial charge in [0.2, 0.25) is 0 Å². The lowest BCUT2D eigenvalue weighted by Gasteiger charge is -2.12. The molecule has 7 heteroatoms. The van der Waals surface area contributed by atoms with Crippen LogP contribution in [0.4, 0.5) is 11.4 Å². The number of nitrogens with zero attached hydrogens (tertiary/aromatic N) is 2. The average molecular weight is 435 g/mol. The fourth-order valence-corrected chi connectivity index (χ4v) is 5.01. The monoisotopic (exact) mass is 434 g/mol. The molecule has 0 atom stereocenters. The van der Waals surface area contributed by atoms with Gasteiger partial charge in [0.25, 0.3) is 0 Å². The van der Waals surface area contributed by atoms with Gasteiger partial charge in [0.05, 0.1) is 12.9 Å². The summed E-state index contributed by atoms with van der Waals surface area (Å²) in [5.74, 6) is -0.454. The molecule has 2 aromatic carbocycles. The smallest absolute Gasteiger partial charge is 0.314 e. The molecule has 1 aliphatic carbocycles. The second-order valence-electron chi connectivity index (χ2n) is 7.72. The number of thioether (sulfide) groups is 1. The standard InChI is InChI=1S/C24H26N4O2S/c29-23(26-20-8-5-6-18(14-20)16-31-21-9-2-3-10-21)24(30)27-22-11-4-1-7-19(22)15-28-13-12-25-17-28/h1,4-8,11-14,17,21H,2-3,9-10,15-16H2,(H,26,29)(H,27,30). The van der Waals surface area contributed by atoms with Crippen LogP contribution in [0, 0.1) is 0 Å². The molecule has 1 fully saturated rings. The number of imidazole rings is 1. The molecule has 0 aliphatic heterocycles. The molecule has 1 aliphatic rings. The van der Waals surface area contributed by atoms with E-state index in [1.54, 1.807) is 18.6 Å². The van der Waals surface area contributed by atoms with Crippen molar-refractivity contribution in [3.8, 4) is 0 Å². The van der Waals surface area contributed by atoms with E-state index in [9.17, 15) is 9.59 Å². The van der Waals surface area contributed by atoms with E-state index in [0.717, 1.165) is 22.1 Å². The van der Waals surface area contributed by atoms with Crippen LogP contribution in [0.2, 0.25) is 0 Å². The molecule has 0 radical (unpaired) electrons. The molecule has 4 rings (SSSR count). The van der Waals surface area contributed by atoms with Crippen molar-refractivity contribution >= 4 is 35.0 Å². The first-order chi connectivity index (χ1) is 15.2. The van der Waals surface area contributed by atoms with Gasteiger partial charge in [-0.15, -0.1) is 0 Å². The lowest BCUT2D eigenvalue weighted by Crippen LogP contribution is -2.29. The van der Waals surface area contributed by atoms with Crippen molar-refractivity contribution in [1.29, 1.82) is 0 Å². The van der Waals surface area contributed by atoms with Gasteiger partial charge < -0.3 is 15.2 Å². The summed E-state index contributed by atoms with van der Waals surface area (Å²) in [5, 5.41) is 6.19. The Hall–Kier alpha value is -3.06. The van der Waals surface area contributed by atoms with Crippen molar-refractivity contribution in [2.24, 2.45) is 0 Å². The molecule has 31 heavy (non-hydrogen) atoms. The van der Waals surface area contributed by atoms with E-state index in [4.69, 9.17) is 0 Å². The van der Waals surface area contributed by atoms with Gasteiger partial charge in [-0.1, -0.05) is 43.2 Å². The molecule has 2 N–H and O–H groups in total. The summed E-state index contributed by atoms with van der Waals surface area (Å²) in [6.45, 7) is 0.554. The third-order valence-corrected chi connectivity index (χ3v) is 6.80. The number of aromatic nitrogens is 2. The van der Waals surface area contributed by atoms with Crippen molar-refractivity contribution in [2.75, 3.05) is 10.6 Å². The van der Waals surface area contributed by atoms with E-state index in [1.807, 2.05) is 58.9 Å². The van der Waals surface area contributed by atoms with E-state index in [-0.39, 0.29) is 0 Å². The summed E-state index contributed by atoms with van der Waals surface area (Å²) in [6, 6.07) is 15.2. The third-order valence-electron chi connectivity index (χ3n) is 5.36. The van der Waals surface area contributed by atoms with Crippen molar-refractivity contribution in [1.82, 2.24) is 9.55 Å². The second-order valence-corrected chi connectivity index (χ2v) is 9.01. The first-order valence-electron chi connectivity index (χ1n) is 10.5. The van der Waals surface area contributed by atoms with Gasteiger partial charge in [-0.25, -0.2) is 4.98 Å². The first kappa shape index (κ1) is 21.2. The van der Waals surface area contributed by atoms with Gasteiger partial charge >= 0.3 is 11.8 Å². The third kappa shape index (κ3) is 5.98. The van der Waals surface area contributed by atoms with E-state index in [0.29, 0.717) is 17.9 Å². The number of rotatable bonds is 7. The summed E-state index contributed by atoms with van der Waals surface area (Å²) in [4.78, 5) is 29.0. The van der Waals surface area contributed by atoms with E-state index in [2.05, 4.69) is 21.7 Å². The second kappa shape index (κ2) is 10.3. The fraction of sp³-hybridized carbons (Fsp3) is 0.292. The Kier molecular flexibility index (Phi) is 7.04. The van der Waals surface area contributed by atoms with E-state index < -0.39 is 11.8 Å². The zero-order valence-electron chi connectivity index (χ0n) is 17.3. The summed E-state index contributed by atoms with van der Waals surface area (Å²) >= 11 is 1.98. The number of para-hydroxylation sites is 1. The molecule has 2 amide bonds. The first-order valence-corrected chi connectivity index (χ1v) is 11.6. The summed E-state index contributed by atoms with van der Waals surface area (Å²) in [5.41, 5.74) is 3.29. The topological polar surface area (TPSA) is 76.0 Å². The Labute approximate surface area is 186 Å². The fourth-order valence-electron chi connectivity index (χ4n) is 3.73. The largest absolute Gasteiger partial charge is 0.333 e. The SMILES string of the molecule is O=C(Nc1cccc(CSC2CCCC2)c1)C(=O)Nc1ccccc1Cn1ccnc1. The number of carbonyl (C=O) groups excluding carboxylic acids is 2. The van der Waals surface area contributed by atoms with Gasteiger partial charge in [0, 0.05) is 34.8 Å². The van der Waals surface area contributed by atoms with Crippen LogP contribution in [-0.4, -0.2) is 26.6 Å². The highest BCUT2D eigenvalue weighted by atomic mass is 32.2. The van der Waals surface area contributed by atoms with Gasteiger partial charge in [-0.2, -0.15) is 11.8 Å². The van der Waals surface area contributed by atoms with Crippen LogP contribution in [-0.2, 0) is 21.9 Å². The summed E-state index contributed by atoms with van der Waals surface area (Å²) < 4.78 is 1.90. The van der Waals surface area contributed by atoms with Crippen LogP contribution in [0.1, 0.15) is 36.8 Å². The molecule has 1 saturated carbocycles. The number of carbonyl (C=O) groups is 2. The molecule has 0 bridgehead atoms. The van der Waals surface area contributed by atoms with Crippen molar-refractivity contribution < 1.29 is 9.59 Å². The molecule has 1 heterocycles. The maximum Gasteiger partial charge on any atom is 0.314 e. The minimum atomic E-state index is -0.691. The molecule has 160 valence electrons. The van der Waals surface area contributed by atoms with Gasteiger partial charge in [0.1, 0.15) is 0 Å². The van der Waals surface area contributed by atoms with Crippen molar-refractivity contribution in [3.05, 3.63) is 78.4 Å². The quantitative estimate of drug-likeness (QED) is 0.529. The normalized spacial score (nSPS) is 13.8. The van der Waals surface area contributed by atoms with Gasteiger partial charge in [-0.3, -0.25) is 9.59 Å². The number of hydrogen-bond donors (Lipinski definition) is 2. The molecule has 0 unspecified atom stereocenters. The molecule has 1 aromatic heterocycles. The van der Waals surface area contributed by atoms with Crippen molar-refractivity contribution in [2.45, 2.75) is 43.2 Å². The lowest BCUT2D eigenvalue weighted by molar-refractivity contribution is -0.133. The molecule has 0 spiro atoms. The van der Waals surface area contributed by atoms with Gasteiger partial charge in [-0.05, 0) is 42.2 Å². The Bertz CT molecular complexity index is 1030. The number of benzene rings is 2. The summed E-state index contributed by atoms with van der Waals surface area (Å²) in [7, 11) is 0. The molecule has 6 nitrogen and oxygen atoms in total. The highest BCUT2D eigenvalue weighted by molar-refractivity contribution is 7.99. The number of anilines is 2. The highest BCUT2D eigenvalue weighted by Gasteiger charge is 2.17. The van der Waals surface area contributed by atoms with Gasteiger partial charge in [0.15, 0.2) is 0 Å². The Morgan fingerprint density at radius 3 is 2.65 bits per heavy atom. The maximum absolute atomic E-state index is 12.5. The van der Waals surface area contributed by atoms with Crippen molar-refractivity contribution in [3.63, 3.8) is 0 Å². The minimum Gasteiger partial charge on any atom is -0.333 e. The van der Waals surface area contributed by atoms with Crippen LogP contribution in [0.3, 0.4) is 0 Å². The zero-order valence-corrected chi connectivity index (χ0v) is 18.1. The summed E-state index contributed by atoms with van der Waals surface area (Å²) in [6.07, 6.45) is 10.5. The molecular weight excluding hydrogens is 408 g/mol. The Morgan fingerprint density at radius 2 is 1.84 bits per heavy atom. The number of hydrogen-bond acceptors (Lipinski definition) is 4. The van der Waals surface area contributed by atoms with Crippen LogP contribution in [0.5, 0.6) is 0 Å². The van der Waals surface area contributed by atoms with Crippen LogP contribution < -0.4 is 10.6 Å². The predicted octanol–water partition coefficient (Wildman–Crippen LogP) is 4.68. The number of nitrogens with one attached hydrogen (secondary N) is 2. The van der Waals surface area contributed by atoms with E-state index in [1.165, 1.54) is 25.7 Å².